The second-order valence-electron chi connectivity index (χ2n) is 5.68. The third-order valence-electron chi connectivity index (χ3n) is 3.69. The van der Waals surface area contributed by atoms with Gasteiger partial charge in [-0.3, -0.25) is 0 Å². The lowest BCUT2D eigenvalue weighted by Gasteiger charge is -2.37. The molecule has 1 saturated heterocycles. The number of rotatable bonds is 3. The summed E-state index contributed by atoms with van der Waals surface area (Å²) in [5.41, 5.74) is 10.2. The number of aryl methyl sites for hydroxylation is 2. The van der Waals surface area contributed by atoms with E-state index in [2.05, 4.69) is 44.0 Å². The molecule has 1 aromatic carbocycles. The fraction of sp³-hybridized carbons (Fsp3) is 0.600. The molecule has 1 aromatic rings. The zero-order valence-corrected chi connectivity index (χ0v) is 11.7. The van der Waals surface area contributed by atoms with Crippen LogP contribution in [-0.4, -0.2) is 32.3 Å². The van der Waals surface area contributed by atoms with Gasteiger partial charge in [0.15, 0.2) is 0 Å². The topological polar surface area (TPSA) is 38.5 Å². The molecule has 0 spiro atoms. The summed E-state index contributed by atoms with van der Waals surface area (Å²) in [6, 6.07) is 6.63. The molecule has 100 valence electrons. The van der Waals surface area contributed by atoms with Crippen molar-refractivity contribution in [3.05, 3.63) is 29.3 Å². The van der Waals surface area contributed by atoms with Crippen LogP contribution >= 0.6 is 0 Å². The molecule has 1 aliphatic heterocycles. The van der Waals surface area contributed by atoms with Crippen LogP contribution in [0.1, 0.15) is 24.0 Å². The molecule has 0 atom stereocenters. The van der Waals surface area contributed by atoms with Crippen molar-refractivity contribution in [2.24, 2.45) is 5.73 Å². The van der Waals surface area contributed by atoms with E-state index < -0.39 is 0 Å². The highest BCUT2D eigenvalue weighted by molar-refractivity contribution is 5.50. The normalized spacial score (nSPS) is 18.7. The fourth-order valence-corrected chi connectivity index (χ4v) is 2.67. The van der Waals surface area contributed by atoms with Gasteiger partial charge in [0.25, 0.3) is 0 Å². The Labute approximate surface area is 110 Å². The minimum absolute atomic E-state index is 0.106. The average molecular weight is 248 g/mol. The van der Waals surface area contributed by atoms with Gasteiger partial charge in [-0.05, 0) is 49.9 Å². The van der Waals surface area contributed by atoms with Crippen LogP contribution in [0.15, 0.2) is 18.2 Å². The number of hydrogen-bond donors (Lipinski definition) is 1. The van der Waals surface area contributed by atoms with Crippen molar-refractivity contribution < 1.29 is 4.74 Å². The van der Waals surface area contributed by atoms with Crippen LogP contribution in [0.2, 0.25) is 0 Å². The van der Waals surface area contributed by atoms with E-state index >= 15 is 0 Å². The van der Waals surface area contributed by atoms with Crippen molar-refractivity contribution in [3.8, 4) is 0 Å². The largest absolute Gasteiger partial charge is 0.381 e. The third kappa shape index (κ3) is 3.24. The first-order chi connectivity index (χ1) is 8.48. The van der Waals surface area contributed by atoms with Gasteiger partial charge in [0.1, 0.15) is 0 Å². The van der Waals surface area contributed by atoms with Crippen LogP contribution < -0.4 is 10.6 Å². The zero-order chi connectivity index (χ0) is 13.2. The monoisotopic (exact) mass is 248 g/mol. The minimum atomic E-state index is -0.106. The predicted molar refractivity (Wildman–Crippen MR) is 76.2 cm³/mol. The van der Waals surface area contributed by atoms with Crippen molar-refractivity contribution in [3.63, 3.8) is 0 Å². The highest BCUT2D eigenvalue weighted by Crippen LogP contribution is 2.23. The Bertz CT molecular complexity index is 391. The van der Waals surface area contributed by atoms with E-state index in [9.17, 15) is 0 Å². The molecule has 0 aliphatic carbocycles. The SMILES string of the molecule is Cc1cc(C)cc(N(C)CC2(N)CCOCC2)c1. The van der Waals surface area contributed by atoms with Crippen molar-refractivity contribution in [1.82, 2.24) is 0 Å². The third-order valence-corrected chi connectivity index (χ3v) is 3.69. The summed E-state index contributed by atoms with van der Waals surface area (Å²) in [6.45, 7) is 6.74. The summed E-state index contributed by atoms with van der Waals surface area (Å²) in [5.74, 6) is 0. The highest BCUT2D eigenvalue weighted by Gasteiger charge is 2.29. The van der Waals surface area contributed by atoms with E-state index in [0.29, 0.717) is 0 Å². The van der Waals surface area contributed by atoms with E-state index in [1.54, 1.807) is 0 Å². The van der Waals surface area contributed by atoms with Gasteiger partial charge in [-0.1, -0.05) is 6.07 Å². The van der Waals surface area contributed by atoms with Gasteiger partial charge in [-0.2, -0.15) is 0 Å². The van der Waals surface area contributed by atoms with E-state index in [4.69, 9.17) is 10.5 Å². The quantitative estimate of drug-likeness (QED) is 0.891. The molecule has 0 radical (unpaired) electrons. The summed E-state index contributed by atoms with van der Waals surface area (Å²) >= 11 is 0. The number of ether oxygens (including phenoxy) is 1. The van der Waals surface area contributed by atoms with Gasteiger partial charge >= 0.3 is 0 Å². The maximum atomic E-state index is 6.45. The Balaban J connectivity index is 2.08. The molecule has 0 aromatic heterocycles. The molecule has 1 aliphatic rings. The number of nitrogens with two attached hydrogens (primary N) is 1. The summed E-state index contributed by atoms with van der Waals surface area (Å²) in [4.78, 5) is 2.27. The number of nitrogens with zero attached hydrogens (tertiary/aromatic N) is 1. The maximum Gasteiger partial charge on any atom is 0.0484 e. The molecule has 0 bridgehead atoms. The molecule has 2 N–H and O–H groups in total. The molecule has 3 nitrogen and oxygen atoms in total. The molecule has 0 amide bonds. The van der Waals surface area contributed by atoms with Gasteiger partial charge in [0, 0.05) is 38.0 Å². The Kier molecular flexibility index (Phi) is 3.93. The minimum Gasteiger partial charge on any atom is -0.381 e. The Morgan fingerprint density at radius 3 is 2.28 bits per heavy atom. The first kappa shape index (κ1) is 13.4. The summed E-state index contributed by atoms with van der Waals surface area (Å²) in [7, 11) is 2.12. The summed E-state index contributed by atoms with van der Waals surface area (Å²) < 4.78 is 5.39. The molecule has 1 heterocycles. The summed E-state index contributed by atoms with van der Waals surface area (Å²) in [5, 5.41) is 0. The summed E-state index contributed by atoms with van der Waals surface area (Å²) in [6.07, 6.45) is 1.89. The molecular weight excluding hydrogens is 224 g/mol. The Morgan fingerprint density at radius 2 is 1.72 bits per heavy atom. The van der Waals surface area contributed by atoms with Crippen molar-refractivity contribution in [2.75, 3.05) is 31.7 Å². The van der Waals surface area contributed by atoms with Crippen molar-refractivity contribution >= 4 is 5.69 Å². The van der Waals surface area contributed by atoms with Crippen LogP contribution in [0.4, 0.5) is 5.69 Å². The van der Waals surface area contributed by atoms with Gasteiger partial charge in [-0.25, -0.2) is 0 Å². The van der Waals surface area contributed by atoms with E-state index in [1.807, 2.05) is 0 Å². The lowest BCUT2D eigenvalue weighted by molar-refractivity contribution is 0.0558. The molecule has 3 heteroatoms. The van der Waals surface area contributed by atoms with Crippen molar-refractivity contribution in [1.29, 1.82) is 0 Å². The fourth-order valence-electron chi connectivity index (χ4n) is 2.67. The molecule has 0 saturated carbocycles. The van der Waals surface area contributed by atoms with Crippen LogP contribution in [0.3, 0.4) is 0 Å². The van der Waals surface area contributed by atoms with E-state index in [-0.39, 0.29) is 5.54 Å². The zero-order valence-electron chi connectivity index (χ0n) is 11.7. The maximum absolute atomic E-state index is 6.45. The molecule has 18 heavy (non-hydrogen) atoms. The molecule has 0 unspecified atom stereocenters. The number of anilines is 1. The van der Waals surface area contributed by atoms with Crippen LogP contribution in [0, 0.1) is 13.8 Å². The van der Waals surface area contributed by atoms with Crippen LogP contribution in [0.25, 0.3) is 0 Å². The highest BCUT2D eigenvalue weighted by atomic mass is 16.5. The van der Waals surface area contributed by atoms with Crippen LogP contribution in [0.5, 0.6) is 0 Å². The van der Waals surface area contributed by atoms with Crippen molar-refractivity contribution in [2.45, 2.75) is 32.2 Å². The molecule has 2 rings (SSSR count). The molecular formula is C15H24N2O. The number of benzene rings is 1. The van der Waals surface area contributed by atoms with Gasteiger partial charge in [0.05, 0.1) is 0 Å². The van der Waals surface area contributed by atoms with Gasteiger partial charge in [0.2, 0.25) is 0 Å². The standard InChI is InChI=1S/C15H24N2O/c1-12-8-13(2)10-14(9-12)17(3)11-15(16)4-6-18-7-5-15/h8-10H,4-7,11,16H2,1-3H3. The Hall–Kier alpha value is -1.06. The first-order valence-corrected chi connectivity index (χ1v) is 6.65. The average Bonchev–Trinajstić information content (AvgIpc) is 2.28. The van der Waals surface area contributed by atoms with Gasteiger partial charge < -0.3 is 15.4 Å². The molecule has 1 fully saturated rings. The lowest BCUT2D eigenvalue weighted by Crippen LogP contribution is -2.52. The Morgan fingerprint density at radius 1 is 1.17 bits per heavy atom. The smallest absolute Gasteiger partial charge is 0.0484 e. The predicted octanol–water partition coefficient (Wildman–Crippen LogP) is 2.25. The first-order valence-electron chi connectivity index (χ1n) is 6.65. The number of likely N-dealkylation sites (N-methyl/N-ethyl adjacent to an activating group) is 1. The van der Waals surface area contributed by atoms with Gasteiger partial charge in [-0.15, -0.1) is 0 Å². The lowest BCUT2D eigenvalue weighted by atomic mass is 9.90. The number of hydrogen-bond acceptors (Lipinski definition) is 3. The van der Waals surface area contributed by atoms with Crippen LogP contribution in [-0.2, 0) is 4.74 Å². The second kappa shape index (κ2) is 5.29. The van der Waals surface area contributed by atoms with E-state index in [1.165, 1.54) is 16.8 Å². The van der Waals surface area contributed by atoms with E-state index in [0.717, 1.165) is 32.6 Å². The second-order valence-corrected chi connectivity index (χ2v) is 5.68.